The molecule has 1 aliphatic heterocycles. The molecule has 2 aromatic heterocycles. The summed E-state index contributed by atoms with van der Waals surface area (Å²) in [6, 6.07) is 0. The Kier molecular flexibility index (Phi) is 5.88. The summed E-state index contributed by atoms with van der Waals surface area (Å²) in [6.07, 6.45) is 1.53. The molecule has 3 heterocycles. The number of rotatable bonds is 6. The molecule has 2 aromatic rings. The van der Waals surface area contributed by atoms with Gasteiger partial charge in [-0.2, -0.15) is 4.98 Å². The Balaban J connectivity index is 1.52. The molecule has 24 heavy (non-hydrogen) atoms. The van der Waals surface area contributed by atoms with Crippen molar-refractivity contribution in [2.45, 2.75) is 17.2 Å². The maximum atomic E-state index is 12.3. The van der Waals surface area contributed by atoms with Crippen LogP contribution >= 0.6 is 23.4 Å². The first-order valence-electron chi connectivity index (χ1n) is 7.74. The largest absolute Gasteiger partial charge is 0.379 e. The fraction of sp³-hybridized carbons (Fsp3) is 0.571. The van der Waals surface area contributed by atoms with E-state index in [2.05, 4.69) is 30.2 Å². The van der Waals surface area contributed by atoms with Crippen LogP contribution < -0.4 is 5.32 Å². The lowest BCUT2D eigenvalue weighted by Gasteiger charge is -2.26. The van der Waals surface area contributed by atoms with E-state index in [0.29, 0.717) is 22.7 Å². The number of thioether (sulfide) groups is 1. The van der Waals surface area contributed by atoms with Crippen LogP contribution in [0.15, 0.2) is 11.4 Å². The van der Waals surface area contributed by atoms with Gasteiger partial charge in [-0.05, 0) is 18.5 Å². The third-order valence-electron chi connectivity index (χ3n) is 3.71. The van der Waals surface area contributed by atoms with Crippen molar-refractivity contribution < 1.29 is 9.53 Å². The Morgan fingerprint density at radius 3 is 3.08 bits per heavy atom. The lowest BCUT2D eigenvalue weighted by molar-refractivity contribution is -0.120. The topological polar surface area (TPSA) is 96.0 Å². The smallest absolute Gasteiger partial charge is 0.233 e. The second kappa shape index (κ2) is 8.11. The van der Waals surface area contributed by atoms with Crippen molar-refractivity contribution in [3.8, 4) is 0 Å². The first kappa shape index (κ1) is 17.4. The number of fused-ring (bicyclic) bond motifs is 1. The highest BCUT2D eigenvalue weighted by Crippen LogP contribution is 2.27. The van der Waals surface area contributed by atoms with Gasteiger partial charge in [0.1, 0.15) is 10.5 Å². The molecular formula is C14H19ClN6O2S. The second-order valence-corrected chi connectivity index (χ2v) is 7.07. The van der Waals surface area contributed by atoms with Crippen molar-refractivity contribution in [1.29, 1.82) is 0 Å². The number of carbonyl (C=O) groups excluding carboxylic acids is 1. The molecule has 1 atom stereocenters. The minimum atomic E-state index is -0.299. The van der Waals surface area contributed by atoms with Crippen LogP contribution in [0.4, 0.5) is 0 Å². The highest BCUT2D eigenvalue weighted by molar-refractivity contribution is 8.00. The van der Waals surface area contributed by atoms with Crippen LogP contribution in [0.3, 0.4) is 0 Å². The van der Waals surface area contributed by atoms with E-state index in [9.17, 15) is 4.79 Å². The molecule has 0 saturated carbocycles. The van der Waals surface area contributed by atoms with Gasteiger partial charge in [-0.25, -0.2) is 9.97 Å². The van der Waals surface area contributed by atoms with Crippen molar-refractivity contribution in [2.24, 2.45) is 0 Å². The van der Waals surface area contributed by atoms with E-state index < -0.39 is 0 Å². The van der Waals surface area contributed by atoms with Gasteiger partial charge in [0.05, 0.1) is 24.8 Å². The Hall–Kier alpha value is -1.42. The first-order valence-corrected chi connectivity index (χ1v) is 9.00. The maximum absolute atomic E-state index is 12.3. The predicted octanol–water partition coefficient (Wildman–Crippen LogP) is 0.935. The van der Waals surface area contributed by atoms with E-state index in [0.717, 1.165) is 32.8 Å². The fourth-order valence-corrected chi connectivity index (χ4v) is 3.54. The Bertz CT molecular complexity index is 706. The number of H-pyrrole nitrogens is 1. The number of hydrogen-bond acceptors (Lipinski definition) is 7. The van der Waals surface area contributed by atoms with Crippen LogP contribution in [0.2, 0.25) is 5.28 Å². The van der Waals surface area contributed by atoms with Crippen molar-refractivity contribution in [3.05, 3.63) is 11.6 Å². The van der Waals surface area contributed by atoms with Gasteiger partial charge in [-0.1, -0.05) is 11.8 Å². The summed E-state index contributed by atoms with van der Waals surface area (Å²) in [7, 11) is 0. The van der Waals surface area contributed by atoms with E-state index >= 15 is 0 Å². The molecule has 1 aliphatic rings. The van der Waals surface area contributed by atoms with E-state index in [-0.39, 0.29) is 16.4 Å². The molecule has 1 fully saturated rings. The van der Waals surface area contributed by atoms with Gasteiger partial charge in [0.25, 0.3) is 0 Å². The Morgan fingerprint density at radius 1 is 1.50 bits per heavy atom. The minimum absolute atomic E-state index is 0.0318. The van der Waals surface area contributed by atoms with Gasteiger partial charge in [0.2, 0.25) is 11.2 Å². The van der Waals surface area contributed by atoms with Crippen molar-refractivity contribution in [1.82, 2.24) is 30.2 Å². The number of nitrogens with zero attached hydrogens (tertiary/aromatic N) is 4. The van der Waals surface area contributed by atoms with Crippen LogP contribution in [-0.4, -0.2) is 75.4 Å². The second-order valence-electron chi connectivity index (χ2n) is 5.40. The standard InChI is InChI=1S/C14H19ClN6O2S/c1-9(12(22)16-2-3-21-4-6-23-7-5-21)24-13-10-11(18-8-17-10)19-14(15)20-13/h8-9H,2-7H2,1H3,(H,16,22)(H,17,18,19,20)/t9-/m1/s1. The number of nitrogens with one attached hydrogen (secondary N) is 2. The van der Waals surface area contributed by atoms with Gasteiger partial charge in [0, 0.05) is 26.2 Å². The average molecular weight is 371 g/mol. The van der Waals surface area contributed by atoms with Crippen molar-refractivity contribution in [2.75, 3.05) is 39.4 Å². The van der Waals surface area contributed by atoms with E-state index in [4.69, 9.17) is 16.3 Å². The van der Waals surface area contributed by atoms with Gasteiger partial charge in [-0.15, -0.1) is 0 Å². The van der Waals surface area contributed by atoms with E-state index in [1.807, 2.05) is 6.92 Å². The molecule has 8 nitrogen and oxygen atoms in total. The van der Waals surface area contributed by atoms with Crippen molar-refractivity contribution in [3.63, 3.8) is 0 Å². The van der Waals surface area contributed by atoms with Crippen LogP contribution in [0.25, 0.3) is 11.2 Å². The summed E-state index contributed by atoms with van der Waals surface area (Å²) < 4.78 is 5.31. The highest BCUT2D eigenvalue weighted by atomic mass is 35.5. The Labute approximate surface area is 148 Å². The zero-order chi connectivity index (χ0) is 16.9. The fourth-order valence-electron chi connectivity index (χ4n) is 2.39. The van der Waals surface area contributed by atoms with Crippen molar-refractivity contribution >= 4 is 40.4 Å². The Morgan fingerprint density at radius 2 is 2.29 bits per heavy atom. The lowest BCUT2D eigenvalue weighted by atomic mass is 10.4. The molecule has 1 saturated heterocycles. The number of aromatic amines is 1. The number of ether oxygens (including phenoxy) is 1. The van der Waals surface area contributed by atoms with Crippen LogP contribution in [0.1, 0.15) is 6.92 Å². The number of imidazole rings is 1. The molecule has 130 valence electrons. The number of aromatic nitrogens is 4. The van der Waals surface area contributed by atoms with Crippen LogP contribution in [0, 0.1) is 0 Å². The number of amides is 1. The normalized spacial score (nSPS) is 17.1. The maximum Gasteiger partial charge on any atom is 0.233 e. The summed E-state index contributed by atoms with van der Waals surface area (Å²) in [4.78, 5) is 29.8. The van der Waals surface area contributed by atoms with E-state index in [1.54, 1.807) is 0 Å². The number of carbonyl (C=O) groups is 1. The molecule has 0 spiro atoms. The van der Waals surface area contributed by atoms with Gasteiger partial charge in [0.15, 0.2) is 5.65 Å². The molecule has 0 radical (unpaired) electrons. The molecule has 0 aromatic carbocycles. The summed E-state index contributed by atoms with van der Waals surface area (Å²) in [5, 5.41) is 3.41. The third-order valence-corrected chi connectivity index (χ3v) is 4.97. The molecule has 0 bridgehead atoms. The minimum Gasteiger partial charge on any atom is -0.379 e. The summed E-state index contributed by atoms with van der Waals surface area (Å²) in [6.45, 7) is 6.63. The third kappa shape index (κ3) is 4.35. The van der Waals surface area contributed by atoms with E-state index in [1.165, 1.54) is 18.1 Å². The zero-order valence-electron chi connectivity index (χ0n) is 13.3. The lowest BCUT2D eigenvalue weighted by Crippen LogP contribution is -2.42. The first-order chi connectivity index (χ1) is 11.6. The quantitative estimate of drug-likeness (QED) is 0.443. The number of halogens is 1. The molecule has 0 unspecified atom stereocenters. The summed E-state index contributed by atoms with van der Waals surface area (Å²) >= 11 is 7.24. The average Bonchev–Trinajstić information content (AvgIpc) is 3.04. The highest BCUT2D eigenvalue weighted by Gasteiger charge is 2.19. The predicted molar refractivity (Wildman–Crippen MR) is 92.3 cm³/mol. The SMILES string of the molecule is C[C@@H](Sc1nc(Cl)nc2nc[nH]c12)C(=O)NCCN1CCOCC1. The number of morpholine rings is 1. The summed E-state index contributed by atoms with van der Waals surface area (Å²) in [5.74, 6) is -0.0318. The molecular weight excluding hydrogens is 352 g/mol. The molecule has 1 amide bonds. The zero-order valence-corrected chi connectivity index (χ0v) is 14.9. The van der Waals surface area contributed by atoms with Crippen LogP contribution in [-0.2, 0) is 9.53 Å². The van der Waals surface area contributed by atoms with Gasteiger partial charge in [-0.3, -0.25) is 9.69 Å². The molecule has 2 N–H and O–H groups in total. The summed E-state index contributed by atoms with van der Waals surface area (Å²) in [5.41, 5.74) is 1.19. The molecule has 3 rings (SSSR count). The van der Waals surface area contributed by atoms with Gasteiger partial charge < -0.3 is 15.0 Å². The molecule has 10 heteroatoms. The van der Waals surface area contributed by atoms with Crippen LogP contribution in [0.5, 0.6) is 0 Å². The monoisotopic (exact) mass is 370 g/mol. The number of hydrogen-bond donors (Lipinski definition) is 2. The molecule has 0 aliphatic carbocycles. The van der Waals surface area contributed by atoms with Gasteiger partial charge >= 0.3 is 0 Å².